The minimum atomic E-state index is -0.0158. The van der Waals surface area contributed by atoms with E-state index in [4.69, 9.17) is 22.5 Å². The highest BCUT2D eigenvalue weighted by atomic mass is 15.4. The van der Waals surface area contributed by atoms with E-state index in [1.807, 2.05) is 0 Å². The van der Waals surface area contributed by atoms with E-state index in [0.29, 0.717) is 17.5 Å². The minimum Gasteiger partial charge on any atom is -0.368 e. The molecule has 0 spiro atoms. The highest BCUT2D eigenvalue weighted by molar-refractivity contribution is 5.42. The average Bonchev–Trinajstić information content (AvgIpc) is 3.83. The molecule has 6 heterocycles. The van der Waals surface area contributed by atoms with E-state index in [0.717, 1.165) is 0 Å². The maximum atomic E-state index is 8.28. The van der Waals surface area contributed by atoms with Crippen LogP contribution in [0.4, 0.5) is 47.6 Å². The van der Waals surface area contributed by atoms with Gasteiger partial charge in [0.15, 0.2) is 17.5 Å². The molecule has 0 atom stereocenters. The fraction of sp³-hybridized carbons (Fsp3) is 0.143. The molecular weight excluding hydrogens is 588 g/mol. The smallest absolute Gasteiger partial charge is 0.268 e. The third-order valence-corrected chi connectivity index (χ3v) is 4.45. The van der Waals surface area contributed by atoms with Gasteiger partial charge in [0, 0.05) is 9.82 Å². The van der Waals surface area contributed by atoms with Crippen LogP contribution in [0.2, 0.25) is 0 Å². The summed E-state index contributed by atoms with van der Waals surface area (Å²) in [4.78, 5) is 20.6. The summed E-state index contributed by atoms with van der Waals surface area (Å²) in [6.45, 7) is 0. The quantitative estimate of drug-likeness (QED) is 0.0513. The van der Waals surface area contributed by atoms with Crippen molar-refractivity contribution >= 4 is 47.6 Å². The molecule has 10 N–H and O–H groups in total. The van der Waals surface area contributed by atoms with E-state index in [1.165, 1.54) is 0 Å². The number of nitrogens with one attached hydrogen (secondary N) is 6. The molecule has 0 bridgehead atoms. The van der Waals surface area contributed by atoms with Crippen LogP contribution in [0.5, 0.6) is 0 Å². The number of rotatable bonds is 10. The zero-order valence-electron chi connectivity index (χ0n) is 21.4. The molecule has 30 nitrogen and oxygen atoms in total. The van der Waals surface area contributed by atoms with Gasteiger partial charge < -0.3 is 11.5 Å². The fourth-order valence-electron chi connectivity index (χ4n) is 2.80. The van der Waals surface area contributed by atoms with Crippen LogP contribution in [0.3, 0.4) is 0 Å². The van der Waals surface area contributed by atoms with Crippen LogP contribution in [0.15, 0.2) is 10.2 Å². The van der Waals surface area contributed by atoms with E-state index in [2.05, 4.69) is 132 Å². The normalized spacial score (nSPS) is 10.2. The number of aromatic nitrogens is 20. The molecule has 0 amide bonds. The Morgan fingerprint density at radius 2 is 1.14 bits per heavy atom. The molecule has 220 valence electrons. The summed E-state index contributed by atoms with van der Waals surface area (Å²) in [5, 5.41) is 67.4. The monoisotopic (exact) mass is 602 g/mol. The summed E-state index contributed by atoms with van der Waals surface area (Å²) in [6.07, 6.45) is 0.428. The van der Waals surface area contributed by atoms with E-state index in [9.17, 15) is 0 Å². The number of hydrogen-bond donors (Lipinski definition) is 8. The first-order valence-electron chi connectivity index (χ1n) is 11.4. The molecule has 0 radical (unpaired) electrons. The molecule has 6 aromatic rings. The first-order chi connectivity index (χ1) is 21.4. The van der Waals surface area contributed by atoms with Crippen molar-refractivity contribution in [1.29, 1.82) is 0 Å². The Morgan fingerprint density at radius 3 is 1.70 bits per heavy atom. The number of hydrogen-bond acceptors (Lipinski definition) is 22. The van der Waals surface area contributed by atoms with Gasteiger partial charge in [-0.1, -0.05) is 0 Å². The van der Waals surface area contributed by atoms with Crippen LogP contribution < -0.4 is 22.1 Å². The van der Waals surface area contributed by atoms with Crippen molar-refractivity contribution < 1.29 is 0 Å². The topological polar surface area (TPSA) is 443 Å². The predicted molar refractivity (Wildman–Crippen MR) is 139 cm³/mol. The summed E-state index contributed by atoms with van der Waals surface area (Å²) in [5.74, 6) is 2.28. The zero-order chi connectivity index (χ0) is 30.7. The number of nitrogen functional groups attached to an aromatic ring is 2. The van der Waals surface area contributed by atoms with Crippen molar-refractivity contribution in [2.24, 2.45) is 10.2 Å². The molecule has 0 aromatic carbocycles. The maximum absolute atomic E-state index is 8.28. The van der Waals surface area contributed by atoms with Crippen molar-refractivity contribution in [2.45, 2.75) is 12.8 Å². The Labute approximate surface area is 239 Å². The number of aromatic amines is 4. The molecule has 0 saturated heterocycles. The molecule has 0 saturated carbocycles. The molecule has 6 rings (SSSR count). The second kappa shape index (κ2) is 13.1. The standard InChI is InChI=1S/C7H5N17.C7H9N13/c8-23-21-5-10-2(13-17-5)1-3-14-18-6(19-15-3)11-4-12-7(20-16-4)22-24-9;8-4-10-2(13-16-4)1-3-14-19-7(20-15-3)12-6-11-5(9)17-18-6/h1H2,(H,10,13,17)(H2,11,12,16,18,19,20);1H2,(H3,8,10,13,16)(H4,9,11,12,17,18,19,20). The first kappa shape index (κ1) is 27.8. The third kappa shape index (κ3) is 7.68. The molecule has 0 unspecified atom stereocenters. The van der Waals surface area contributed by atoms with Crippen LogP contribution in [-0.4, -0.2) is 102 Å². The molecular formula is C14H14N30. The molecule has 0 aliphatic carbocycles. The van der Waals surface area contributed by atoms with Gasteiger partial charge in [0.05, 0.1) is 12.8 Å². The van der Waals surface area contributed by atoms with Crippen LogP contribution in [-0.2, 0) is 12.8 Å². The zero-order valence-corrected chi connectivity index (χ0v) is 21.4. The van der Waals surface area contributed by atoms with Crippen molar-refractivity contribution in [2.75, 3.05) is 22.1 Å². The Morgan fingerprint density at radius 1 is 0.568 bits per heavy atom. The number of nitrogens with two attached hydrogens (primary N) is 2. The number of anilines is 6. The summed E-state index contributed by atoms with van der Waals surface area (Å²) in [7, 11) is 0. The average molecular weight is 602 g/mol. The van der Waals surface area contributed by atoms with E-state index in [-0.39, 0.29) is 66.3 Å². The van der Waals surface area contributed by atoms with Gasteiger partial charge in [0.25, 0.3) is 17.8 Å². The van der Waals surface area contributed by atoms with E-state index in [1.54, 1.807) is 0 Å². The first-order valence-corrected chi connectivity index (χ1v) is 11.4. The summed E-state index contributed by atoms with van der Waals surface area (Å²) >= 11 is 0. The Bertz CT molecular complexity index is 1750. The Kier molecular flexibility index (Phi) is 8.27. The molecule has 30 heteroatoms. The summed E-state index contributed by atoms with van der Waals surface area (Å²) in [6, 6.07) is 0. The van der Waals surface area contributed by atoms with Gasteiger partial charge in [-0.2, -0.15) is 20.1 Å². The van der Waals surface area contributed by atoms with Gasteiger partial charge >= 0.3 is 0 Å². The van der Waals surface area contributed by atoms with Crippen LogP contribution in [0.1, 0.15) is 23.3 Å². The molecule has 0 fully saturated rings. The lowest BCUT2D eigenvalue weighted by Gasteiger charge is -1.98. The lowest BCUT2D eigenvalue weighted by atomic mass is 10.4. The highest BCUT2D eigenvalue weighted by Gasteiger charge is 2.10. The van der Waals surface area contributed by atoms with Gasteiger partial charge in [0.2, 0.25) is 29.7 Å². The lowest BCUT2D eigenvalue weighted by molar-refractivity contribution is 0.768. The van der Waals surface area contributed by atoms with Crippen molar-refractivity contribution in [3.8, 4) is 0 Å². The minimum absolute atomic E-state index is 0.0158. The number of H-pyrrole nitrogens is 4. The largest absolute Gasteiger partial charge is 0.368 e. The van der Waals surface area contributed by atoms with Gasteiger partial charge in [-0.05, 0) is 21.3 Å². The van der Waals surface area contributed by atoms with Gasteiger partial charge in [-0.25, -0.2) is 10.1 Å². The fourth-order valence-corrected chi connectivity index (χ4v) is 2.80. The van der Waals surface area contributed by atoms with E-state index < -0.39 is 0 Å². The molecule has 44 heavy (non-hydrogen) atoms. The number of nitrogens with zero attached hydrogens (tertiary/aromatic N) is 22. The van der Waals surface area contributed by atoms with Crippen LogP contribution in [0, 0.1) is 0 Å². The SMILES string of the molecule is Nc1n[nH]c(Cc2nnc(Nc3n[nH]c(N)n3)nn2)n1.[N-]=[N+]=Nc1nc(Cc2nnc(Nc3n[nH]c(N=[N+]=[N-])n3)nn2)n[nH]1. The predicted octanol–water partition coefficient (Wildman–Crippen LogP) is -1.28. The molecule has 0 aliphatic rings. The van der Waals surface area contributed by atoms with Crippen LogP contribution in [0.25, 0.3) is 20.9 Å². The summed E-state index contributed by atoms with van der Waals surface area (Å²) < 4.78 is 0. The lowest BCUT2D eigenvalue weighted by Crippen LogP contribution is -2.07. The second-order valence-electron chi connectivity index (χ2n) is 7.50. The van der Waals surface area contributed by atoms with Gasteiger partial charge in [-0.15, -0.1) is 56.1 Å². The van der Waals surface area contributed by atoms with Gasteiger partial charge in [0.1, 0.15) is 5.82 Å². The Balaban J connectivity index is 0.000000177. The highest BCUT2D eigenvalue weighted by Crippen LogP contribution is 2.11. The second-order valence-corrected chi connectivity index (χ2v) is 7.50. The van der Waals surface area contributed by atoms with Crippen molar-refractivity contribution in [3.05, 3.63) is 44.2 Å². The van der Waals surface area contributed by atoms with Crippen molar-refractivity contribution in [1.82, 2.24) is 102 Å². The van der Waals surface area contributed by atoms with Crippen molar-refractivity contribution in [3.63, 3.8) is 0 Å². The maximum Gasteiger partial charge on any atom is 0.268 e. The molecule has 6 aromatic heterocycles. The van der Waals surface area contributed by atoms with Gasteiger partial charge in [-0.3, -0.25) is 25.9 Å². The molecule has 0 aliphatic heterocycles. The van der Waals surface area contributed by atoms with E-state index >= 15 is 0 Å². The number of azide groups is 2. The van der Waals surface area contributed by atoms with Crippen LogP contribution >= 0.6 is 0 Å². The summed E-state index contributed by atoms with van der Waals surface area (Å²) in [5.41, 5.74) is 27.3. The Hall–Kier alpha value is -7.74. The third-order valence-electron chi connectivity index (χ3n) is 4.45.